The topological polar surface area (TPSA) is 24.9 Å². The monoisotopic (exact) mass is 232 g/mol. The van der Waals surface area contributed by atoms with Crippen LogP contribution >= 0.6 is 11.3 Å². The largest absolute Gasteiger partial charge is 0.375 e. The van der Waals surface area contributed by atoms with E-state index in [4.69, 9.17) is 0 Å². The summed E-state index contributed by atoms with van der Waals surface area (Å²) in [7, 11) is 0. The SMILES string of the molecule is Cc1ccc(CCNc2cnc(C)s2)cc1. The predicted octanol–water partition coefficient (Wildman–Crippen LogP) is 3.41. The maximum Gasteiger partial charge on any atom is 0.109 e. The number of hydrogen-bond acceptors (Lipinski definition) is 3. The lowest BCUT2D eigenvalue weighted by molar-refractivity contribution is 1.02. The van der Waals surface area contributed by atoms with Crippen LogP contribution < -0.4 is 5.32 Å². The smallest absolute Gasteiger partial charge is 0.109 e. The Kier molecular flexibility index (Phi) is 3.57. The van der Waals surface area contributed by atoms with Crippen molar-refractivity contribution in [3.05, 3.63) is 46.6 Å². The molecule has 0 aliphatic carbocycles. The number of thiazole rings is 1. The number of aryl methyl sites for hydroxylation is 2. The second kappa shape index (κ2) is 5.12. The first kappa shape index (κ1) is 11.1. The standard InChI is InChI=1S/C13H16N2S/c1-10-3-5-12(6-4-10)7-8-14-13-9-15-11(2)16-13/h3-6,9,14H,7-8H2,1-2H3. The van der Waals surface area contributed by atoms with Gasteiger partial charge in [-0.05, 0) is 25.8 Å². The van der Waals surface area contributed by atoms with Gasteiger partial charge in [-0.15, -0.1) is 11.3 Å². The molecule has 0 fully saturated rings. The molecule has 0 amide bonds. The fourth-order valence-corrected chi connectivity index (χ4v) is 2.23. The van der Waals surface area contributed by atoms with Gasteiger partial charge in [-0.25, -0.2) is 4.98 Å². The Balaban J connectivity index is 1.82. The van der Waals surface area contributed by atoms with Crippen molar-refractivity contribution in [3.8, 4) is 0 Å². The van der Waals surface area contributed by atoms with E-state index in [0.29, 0.717) is 0 Å². The summed E-state index contributed by atoms with van der Waals surface area (Å²) in [6, 6.07) is 8.70. The van der Waals surface area contributed by atoms with E-state index in [1.807, 2.05) is 13.1 Å². The second-order valence-corrected chi connectivity index (χ2v) is 5.14. The van der Waals surface area contributed by atoms with Crippen molar-refractivity contribution in [2.75, 3.05) is 11.9 Å². The van der Waals surface area contributed by atoms with Crippen LogP contribution in [0.4, 0.5) is 5.00 Å². The van der Waals surface area contributed by atoms with Gasteiger partial charge in [-0.3, -0.25) is 0 Å². The highest BCUT2D eigenvalue weighted by molar-refractivity contribution is 7.15. The third-order valence-electron chi connectivity index (χ3n) is 2.45. The number of rotatable bonds is 4. The van der Waals surface area contributed by atoms with Gasteiger partial charge in [0.15, 0.2) is 0 Å². The zero-order valence-electron chi connectivity index (χ0n) is 9.66. The van der Waals surface area contributed by atoms with Crippen molar-refractivity contribution in [1.29, 1.82) is 0 Å². The molecular formula is C13H16N2S. The van der Waals surface area contributed by atoms with Crippen LogP contribution in [0.15, 0.2) is 30.5 Å². The molecule has 1 N–H and O–H groups in total. The van der Waals surface area contributed by atoms with Crippen molar-refractivity contribution in [1.82, 2.24) is 4.98 Å². The van der Waals surface area contributed by atoms with Crippen LogP contribution in [-0.4, -0.2) is 11.5 Å². The molecule has 0 unspecified atom stereocenters. The number of benzene rings is 1. The van der Waals surface area contributed by atoms with Crippen LogP contribution in [0.2, 0.25) is 0 Å². The van der Waals surface area contributed by atoms with Crippen molar-refractivity contribution in [2.45, 2.75) is 20.3 Å². The lowest BCUT2D eigenvalue weighted by Crippen LogP contribution is -2.03. The van der Waals surface area contributed by atoms with Crippen molar-refractivity contribution >= 4 is 16.3 Å². The maximum absolute atomic E-state index is 4.21. The normalized spacial score (nSPS) is 10.4. The Bertz CT molecular complexity index is 445. The number of hydrogen-bond donors (Lipinski definition) is 1. The van der Waals surface area contributed by atoms with Crippen molar-refractivity contribution in [2.24, 2.45) is 0 Å². The highest BCUT2D eigenvalue weighted by Gasteiger charge is 1.97. The summed E-state index contributed by atoms with van der Waals surface area (Å²) in [5.74, 6) is 0. The second-order valence-electron chi connectivity index (χ2n) is 3.91. The summed E-state index contributed by atoms with van der Waals surface area (Å²) in [5.41, 5.74) is 2.69. The quantitative estimate of drug-likeness (QED) is 0.873. The van der Waals surface area contributed by atoms with E-state index in [0.717, 1.165) is 23.0 Å². The molecule has 0 aliphatic rings. The summed E-state index contributed by atoms with van der Waals surface area (Å²) in [5, 5.41) is 5.65. The number of nitrogens with zero attached hydrogens (tertiary/aromatic N) is 1. The molecule has 0 aliphatic heterocycles. The van der Waals surface area contributed by atoms with E-state index in [1.54, 1.807) is 11.3 Å². The third kappa shape index (κ3) is 3.07. The molecule has 0 spiro atoms. The molecule has 2 aromatic rings. The van der Waals surface area contributed by atoms with Crippen molar-refractivity contribution in [3.63, 3.8) is 0 Å². The van der Waals surface area contributed by atoms with Gasteiger partial charge in [0.2, 0.25) is 0 Å². The highest BCUT2D eigenvalue weighted by Crippen LogP contribution is 2.17. The molecular weight excluding hydrogens is 216 g/mol. The summed E-state index contributed by atoms with van der Waals surface area (Å²) < 4.78 is 0. The zero-order chi connectivity index (χ0) is 11.4. The van der Waals surface area contributed by atoms with E-state index in [-0.39, 0.29) is 0 Å². The van der Waals surface area contributed by atoms with E-state index in [1.165, 1.54) is 11.1 Å². The Hall–Kier alpha value is -1.35. The molecule has 0 bridgehead atoms. The summed E-state index contributed by atoms with van der Waals surface area (Å²) in [6.07, 6.45) is 2.95. The van der Waals surface area contributed by atoms with Gasteiger partial charge < -0.3 is 5.32 Å². The Labute approximate surface area is 100 Å². The fraction of sp³-hybridized carbons (Fsp3) is 0.308. The van der Waals surface area contributed by atoms with Crippen LogP contribution in [0.3, 0.4) is 0 Å². The average Bonchev–Trinajstić information content (AvgIpc) is 2.67. The number of anilines is 1. The first-order valence-electron chi connectivity index (χ1n) is 5.46. The van der Waals surface area contributed by atoms with Crippen LogP contribution in [0.25, 0.3) is 0 Å². The predicted molar refractivity (Wildman–Crippen MR) is 70.2 cm³/mol. The fourth-order valence-electron chi connectivity index (χ4n) is 1.53. The molecule has 16 heavy (non-hydrogen) atoms. The minimum atomic E-state index is 0.963. The number of nitrogens with one attached hydrogen (secondary N) is 1. The van der Waals surface area contributed by atoms with Crippen LogP contribution in [-0.2, 0) is 6.42 Å². The summed E-state index contributed by atoms with van der Waals surface area (Å²) in [6.45, 7) is 5.10. The summed E-state index contributed by atoms with van der Waals surface area (Å²) >= 11 is 1.70. The van der Waals surface area contributed by atoms with E-state index >= 15 is 0 Å². The summed E-state index contributed by atoms with van der Waals surface area (Å²) in [4.78, 5) is 4.21. The molecule has 3 heteroatoms. The molecule has 0 atom stereocenters. The van der Waals surface area contributed by atoms with E-state index < -0.39 is 0 Å². The van der Waals surface area contributed by atoms with Gasteiger partial charge in [0.05, 0.1) is 11.2 Å². The van der Waals surface area contributed by atoms with E-state index in [9.17, 15) is 0 Å². The molecule has 84 valence electrons. The van der Waals surface area contributed by atoms with Crippen LogP contribution in [0.1, 0.15) is 16.1 Å². The van der Waals surface area contributed by atoms with Gasteiger partial charge in [0.25, 0.3) is 0 Å². The molecule has 0 radical (unpaired) electrons. The Morgan fingerprint density at radius 3 is 2.56 bits per heavy atom. The lowest BCUT2D eigenvalue weighted by Gasteiger charge is -2.03. The molecule has 2 rings (SSSR count). The van der Waals surface area contributed by atoms with Gasteiger partial charge >= 0.3 is 0 Å². The first-order chi connectivity index (χ1) is 7.74. The minimum Gasteiger partial charge on any atom is -0.375 e. The molecule has 1 heterocycles. The highest BCUT2D eigenvalue weighted by atomic mass is 32.1. The third-order valence-corrected chi connectivity index (χ3v) is 3.33. The van der Waals surface area contributed by atoms with Gasteiger partial charge in [0.1, 0.15) is 5.00 Å². The van der Waals surface area contributed by atoms with Gasteiger partial charge in [-0.2, -0.15) is 0 Å². The Morgan fingerprint density at radius 2 is 1.94 bits per heavy atom. The van der Waals surface area contributed by atoms with Crippen LogP contribution in [0.5, 0.6) is 0 Å². The lowest BCUT2D eigenvalue weighted by atomic mass is 10.1. The average molecular weight is 232 g/mol. The van der Waals surface area contributed by atoms with E-state index in [2.05, 4.69) is 41.5 Å². The molecule has 0 saturated heterocycles. The molecule has 1 aromatic heterocycles. The first-order valence-corrected chi connectivity index (χ1v) is 6.27. The molecule has 0 saturated carbocycles. The zero-order valence-corrected chi connectivity index (χ0v) is 10.5. The van der Waals surface area contributed by atoms with Gasteiger partial charge in [-0.1, -0.05) is 29.8 Å². The van der Waals surface area contributed by atoms with Crippen LogP contribution in [0, 0.1) is 13.8 Å². The van der Waals surface area contributed by atoms with Crippen molar-refractivity contribution < 1.29 is 0 Å². The van der Waals surface area contributed by atoms with Gasteiger partial charge in [0, 0.05) is 6.54 Å². The molecule has 2 nitrogen and oxygen atoms in total. The minimum absolute atomic E-state index is 0.963. The maximum atomic E-state index is 4.21. The Morgan fingerprint density at radius 1 is 1.19 bits per heavy atom. The number of aromatic nitrogens is 1. The molecule has 1 aromatic carbocycles.